The van der Waals surface area contributed by atoms with Crippen LogP contribution in [0.2, 0.25) is 0 Å². The zero-order valence-corrected chi connectivity index (χ0v) is 28.7. The van der Waals surface area contributed by atoms with Gasteiger partial charge in [-0.2, -0.15) is 5.10 Å². The van der Waals surface area contributed by atoms with Gasteiger partial charge in [0.25, 0.3) is 0 Å². The maximum Gasteiger partial charge on any atom is 0.410 e. The van der Waals surface area contributed by atoms with Crippen molar-refractivity contribution < 1.29 is 33.4 Å². The topological polar surface area (TPSA) is 129 Å². The highest BCUT2D eigenvalue weighted by Gasteiger charge is 2.29. The number of benzene rings is 1. The number of ether oxygens (including phenoxy) is 2. The smallest absolute Gasteiger partial charge is 0.410 e. The normalized spacial score (nSPS) is 26.7. The second kappa shape index (κ2) is 16.9. The molecular formula is C36H49FN6O6. The summed E-state index contributed by atoms with van der Waals surface area (Å²) >= 11 is 0. The van der Waals surface area contributed by atoms with Crippen molar-refractivity contribution >= 4 is 29.7 Å². The molecule has 2 amide bonds. The van der Waals surface area contributed by atoms with Crippen LogP contribution < -0.4 is 10.2 Å². The fraction of sp³-hybridized carbons (Fsp3) is 0.556. The Bertz CT molecular complexity index is 1480. The quantitative estimate of drug-likeness (QED) is 0.348. The number of amides is 2. The summed E-state index contributed by atoms with van der Waals surface area (Å²) in [7, 11) is 0. The molecule has 266 valence electrons. The van der Waals surface area contributed by atoms with Gasteiger partial charge in [-0.05, 0) is 67.2 Å². The van der Waals surface area contributed by atoms with Crippen LogP contribution in [0.1, 0.15) is 45.6 Å². The first-order chi connectivity index (χ1) is 23.5. The zero-order chi connectivity index (χ0) is 34.9. The first kappa shape index (κ1) is 36.1. The van der Waals surface area contributed by atoms with E-state index in [9.17, 15) is 23.9 Å². The van der Waals surface area contributed by atoms with Gasteiger partial charge in [-0.3, -0.25) is 14.3 Å². The van der Waals surface area contributed by atoms with E-state index < -0.39 is 30.1 Å². The first-order valence-corrected chi connectivity index (χ1v) is 17.3. The molecule has 5 atom stereocenters. The lowest BCUT2D eigenvalue weighted by Gasteiger charge is -2.36. The number of aliphatic hydroxyl groups excluding tert-OH is 1. The van der Waals surface area contributed by atoms with Crippen molar-refractivity contribution in [2.24, 2.45) is 11.8 Å². The molecule has 2 N–H and O–H groups in total. The lowest BCUT2D eigenvalue weighted by molar-refractivity contribution is -0.151. The van der Waals surface area contributed by atoms with Crippen molar-refractivity contribution in [2.75, 3.05) is 57.3 Å². The monoisotopic (exact) mass is 680 g/mol. The second-order valence-electron chi connectivity index (χ2n) is 13.4. The highest BCUT2D eigenvalue weighted by Crippen LogP contribution is 2.27. The number of aliphatic hydroxyl groups is 1. The number of cyclic esters (lactones) is 1. The van der Waals surface area contributed by atoms with Crippen molar-refractivity contribution in [2.45, 2.75) is 64.9 Å². The average molecular weight is 681 g/mol. The number of nitrogens with zero attached hydrogens (tertiary/aromatic N) is 5. The summed E-state index contributed by atoms with van der Waals surface area (Å²) in [5, 5.41) is 18.0. The Morgan fingerprint density at radius 3 is 2.53 bits per heavy atom. The molecule has 1 aromatic carbocycles. The van der Waals surface area contributed by atoms with E-state index in [2.05, 4.69) is 15.3 Å². The van der Waals surface area contributed by atoms with Crippen molar-refractivity contribution in [3.05, 3.63) is 65.8 Å². The molecule has 2 fully saturated rings. The first-order valence-electron chi connectivity index (χ1n) is 17.3. The van der Waals surface area contributed by atoms with E-state index in [0.29, 0.717) is 82.0 Å². The van der Waals surface area contributed by atoms with E-state index >= 15 is 0 Å². The third-order valence-electron chi connectivity index (χ3n) is 9.47. The summed E-state index contributed by atoms with van der Waals surface area (Å²) in [6, 6.07) is 6.59. The van der Waals surface area contributed by atoms with Gasteiger partial charge in [0, 0.05) is 76.4 Å². The summed E-state index contributed by atoms with van der Waals surface area (Å²) in [5.41, 5.74) is 2.01. The molecule has 3 aliphatic heterocycles. The second-order valence-corrected chi connectivity index (χ2v) is 13.4. The summed E-state index contributed by atoms with van der Waals surface area (Å²) in [5.74, 6) is -1.33. The molecule has 13 heteroatoms. The van der Waals surface area contributed by atoms with E-state index in [1.165, 1.54) is 12.1 Å². The maximum atomic E-state index is 15.0. The number of rotatable bonds is 6. The van der Waals surface area contributed by atoms with E-state index in [0.717, 1.165) is 0 Å². The van der Waals surface area contributed by atoms with Gasteiger partial charge in [0.2, 0.25) is 5.91 Å². The molecule has 1 aromatic heterocycles. The molecule has 0 spiro atoms. The number of carbonyl (C=O) groups excluding carboxylic acids is 3. The molecule has 12 nitrogen and oxygen atoms in total. The van der Waals surface area contributed by atoms with Crippen LogP contribution in [0.25, 0.3) is 6.08 Å². The van der Waals surface area contributed by atoms with Crippen molar-refractivity contribution in [1.82, 2.24) is 24.9 Å². The summed E-state index contributed by atoms with van der Waals surface area (Å²) in [4.78, 5) is 44.2. The van der Waals surface area contributed by atoms with Crippen LogP contribution in [-0.4, -0.2) is 113 Å². The van der Waals surface area contributed by atoms with Crippen molar-refractivity contribution in [3.8, 4) is 0 Å². The number of piperazine rings is 2. The van der Waals surface area contributed by atoms with E-state index in [1.54, 1.807) is 32.9 Å². The van der Waals surface area contributed by atoms with Crippen LogP contribution in [0.5, 0.6) is 0 Å². The molecule has 0 radical (unpaired) electrons. The van der Waals surface area contributed by atoms with Gasteiger partial charge < -0.3 is 34.6 Å². The predicted molar refractivity (Wildman–Crippen MR) is 183 cm³/mol. The number of hydrogen-bond acceptors (Lipinski definition) is 9. The highest BCUT2D eigenvalue weighted by atomic mass is 19.1. The molecule has 0 saturated carbocycles. The Labute approximate surface area is 287 Å². The van der Waals surface area contributed by atoms with Crippen LogP contribution in [0.3, 0.4) is 0 Å². The standard InChI is InChI=1S/C36H49FN6O6/c1-25-5-7-31(44)23-34(46)49-35(26(2)6-8-32(25)48-36(47)42-13-10-38-11-14-42)27(3)19-28-20-29(37)22-30(21-28)40-15-17-41(18-16-40)33(45)24-43-12-4-9-39-43/h4,6,8-9,12,19-22,25-26,31-32,35,38,44H,5,7,10-11,13-18,23-24H2,1-3H3/b8-6-,27-19+/t25-,26-,31+,32-,35-/m0/s1. The molecule has 0 aliphatic carbocycles. The number of hydrogen-bond donors (Lipinski definition) is 2. The molecule has 49 heavy (non-hydrogen) atoms. The lowest BCUT2D eigenvalue weighted by atomic mass is 9.91. The zero-order valence-electron chi connectivity index (χ0n) is 28.7. The van der Waals surface area contributed by atoms with Gasteiger partial charge in [0.15, 0.2) is 0 Å². The molecule has 2 aromatic rings. The minimum Gasteiger partial charge on any atom is -0.457 e. The third kappa shape index (κ3) is 10.1. The minimum atomic E-state index is -0.893. The molecule has 0 unspecified atom stereocenters. The van der Waals surface area contributed by atoms with Crippen LogP contribution in [-0.2, 0) is 25.6 Å². The Hall–Kier alpha value is -4.23. The Balaban J connectivity index is 1.30. The summed E-state index contributed by atoms with van der Waals surface area (Å²) in [6.45, 7) is 10.6. The fourth-order valence-corrected chi connectivity index (χ4v) is 6.54. The van der Waals surface area contributed by atoms with Gasteiger partial charge in [-0.15, -0.1) is 0 Å². The van der Waals surface area contributed by atoms with Gasteiger partial charge in [-0.1, -0.05) is 26.0 Å². The van der Waals surface area contributed by atoms with E-state index in [1.807, 2.05) is 45.1 Å². The van der Waals surface area contributed by atoms with E-state index in [-0.39, 0.29) is 36.8 Å². The van der Waals surface area contributed by atoms with Gasteiger partial charge in [-0.25, -0.2) is 9.18 Å². The number of halogens is 1. The van der Waals surface area contributed by atoms with Crippen molar-refractivity contribution in [1.29, 1.82) is 0 Å². The third-order valence-corrected chi connectivity index (χ3v) is 9.47. The molecule has 0 bridgehead atoms. The van der Waals surface area contributed by atoms with Gasteiger partial charge in [0.05, 0.1) is 12.5 Å². The van der Waals surface area contributed by atoms with Crippen LogP contribution in [0.4, 0.5) is 14.9 Å². The minimum absolute atomic E-state index is 0.0115. The van der Waals surface area contributed by atoms with Gasteiger partial charge >= 0.3 is 12.1 Å². The number of carbonyl (C=O) groups is 3. The Morgan fingerprint density at radius 2 is 1.82 bits per heavy atom. The summed E-state index contributed by atoms with van der Waals surface area (Å²) < 4.78 is 28.5. The molecule has 4 heterocycles. The van der Waals surface area contributed by atoms with Crippen LogP contribution in [0.15, 0.2) is 54.4 Å². The van der Waals surface area contributed by atoms with E-state index in [4.69, 9.17) is 9.47 Å². The summed E-state index contributed by atoms with van der Waals surface area (Å²) in [6.07, 6.45) is 7.25. The number of nitrogens with one attached hydrogen (secondary N) is 1. The van der Waals surface area contributed by atoms with Crippen molar-refractivity contribution in [3.63, 3.8) is 0 Å². The molecular weight excluding hydrogens is 631 g/mol. The number of anilines is 1. The largest absolute Gasteiger partial charge is 0.457 e. The Morgan fingerprint density at radius 1 is 1.06 bits per heavy atom. The highest BCUT2D eigenvalue weighted by molar-refractivity contribution is 5.76. The molecule has 2 saturated heterocycles. The van der Waals surface area contributed by atoms with Crippen LogP contribution >= 0.6 is 0 Å². The van der Waals surface area contributed by atoms with Crippen LogP contribution in [0, 0.1) is 17.7 Å². The fourth-order valence-electron chi connectivity index (χ4n) is 6.54. The lowest BCUT2D eigenvalue weighted by Crippen LogP contribution is -2.49. The Kier molecular flexibility index (Phi) is 12.5. The maximum absolute atomic E-state index is 15.0. The SMILES string of the molecule is C/C(=C\c1cc(F)cc(N2CCN(C(=O)Cn3cccn3)CC2)c1)[C@H]1OC(=O)C[C@H](O)CC[C@H](C)[C@@H](OC(=O)N2CCNCC2)/C=C\[C@@H]1C. The number of aromatic nitrogens is 2. The number of esters is 1. The average Bonchev–Trinajstić information content (AvgIpc) is 3.60. The molecule has 5 rings (SSSR count). The molecule has 3 aliphatic rings. The van der Waals surface area contributed by atoms with Gasteiger partial charge in [0.1, 0.15) is 24.6 Å². The predicted octanol–water partition coefficient (Wildman–Crippen LogP) is 3.47.